The quantitative estimate of drug-likeness (QED) is 0.477. The van der Waals surface area contributed by atoms with Crippen LogP contribution in [0.25, 0.3) is 0 Å². The minimum atomic E-state index is -1.52. The van der Waals surface area contributed by atoms with Gasteiger partial charge in [0.2, 0.25) is 0 Å². The molecule has 0 saturated heterocycles. The Morgan fingerprint density at radius 3 is 0.950 bits per heavy atom. The molecule has 3 rings (SSSR count). The third kappa shape index (κ3) is 2.55. The fourth-order valence-electron chi connectivity index (χ4n) is 2.36. The molecule has 3 aromatic rings. The molecule has 0 fully saturated rings. The Kier molecular flexibility index (Phi) is 4.23. The molecule has 20 heavy (non-hydrogen) atoms. The summed E-state index contributed by atoms with van der Waals surface area (Å²) in [7, 11) is 0. The van der Waals surface area contributed by atoms with Gasteiger partial charge in [-0.3, -0.25) is 0 Å². The zero-order valence-electron chi connectivity index (χ0n) is 11.0. The van der Waals surface area contributed by atoms with Crippen molar-refractivity contribution >= 4 is 41.6 Å². The van der Waals surface area contributed by atoms with Crippen LogP contribution in [-0.2, 0) is 0 Å². The molecule has 0 amide bonds. The zero-order valence-corrected chi connectivity index (χ0v) is 14.2. The SMILES string of the molecule is [Te]=P(c1ccccc1)(c1ccccc1)c1ccccc1. The molecule has 0 radical (unpaired) electrons. The molecule has 0 nitrogen and oxygen atoms in total. The van der Waals surface area contributed by atoms with Crippen molar-refractivity contribution in [2.75, 3.05) is 0 Å². The molecule has 0 aromatic heterocycles. The van der Waals surface area contributed by atoms with Gasteiger partial charge in [-0.25, -0.2) is 0 Å². The minimum absolute atomic E-state index is 1.43. The molecule has 2 heteroatoms. The second-order valence-electron chi connectivity index (χ2n) is 4.62. The van der Waals surface area contributed by atoms with Gasteiger partial charge in [0.1, 0.15) is 0 Å². The maximum absolute atomic E-state index is 2.32. The summed E-state index contributed by atoms with van der Waals surface area (Å²) in [6.45, 7) is 0. The molecule has 0 bridgehead atoms. The van der Waals surface area contributed by atoms with E-state index in [1.54, 1.807) is 0 Å². The second kappa shape index (κ2) is 6.11. The number of hydrogen-bond acceptors (Lipinski definition) is 0. The van der Waals surface area contributed by atoms with Gasteiger partial charge in [-0.05, 0) is 0 Å². The first-order chi connectivity index (χ1) is 9.82. The van der Waals surface area contributed by atoms with Gasteiger partial charge in [0, 0.05) is 0 Å². The standard InChI is InChI=1S/C18H15PTe/c20-19(16-10-4-1-5-11-16,17-12-6-2-7-13-17)18-14-8-3-9-15-18/h1-15H. The van der Waals surface area contributed by atoms with Crippen molar-refractivity contribution in [3.05, 3.63) is 91.0 Å². The van der Waals surface area contributed by atoms with E-state index in [1.165, 1.54) is 15.9 Å². The van der Waals surface area contributed by atoms with E-state index in [0.29, 0.717) is 0 Å². The van der Waals surface area contributed by atoms with Gasteiger partial charge in [-0.1, -0.05) is 0 Å². The van der Waals surface area contributed by atoms with Crippen molar-refractivity contribution in [1.29, 1.82) is 0 Å². The molecule has 3 aromatic carbocycles. The maximum atomic E-state index is 2.32. The van der Waals surface area contributed by atoms with Crippen LogP contribution in [0.15, 0.2) is 91.0 Å². The van der Waals surface area contributed by atoms with Crippen LogP contribution in [0.2, 0.25) is 0 Å². The molecular formula is C18H15PTe. The first-order valence-corrected chi connectivity index (χ1v) is 11.4. The van der Waals surface area contributed by atoms with Crippen LogP contribution in [0.5, 0.6) is 0 Å². The van der Waals surface area contributed by atoms with Crippen LogP contribution in [0, 0.1) is 0 Å². The Morgan fingerprint density at radius 2 is 0.700 bits per heavy atom. The Balaban J connectivity index is 2.27. The summed E-state index contributed by atoms with van der Waals surface area (Å²) in [5, 5.41) is 4.30. The topological polar surface area (TPSA) is 0 Å². The van der Waals surface area contributed by atoms with Gasteiger partial charge < -0.3 is 0 Å². The molecule has 0 heterocycles. The van der Waals surface area contributed by atoms with E-state index in [4.69, 9.17) is 0 Å². The van der Waals surface area contributed by atoms with Crippen molar-refractivity contribution in [1.82, 2.24) is 0 Å². The van der Waals surface area contributed by atoms with Gasteiger partial charge in [0.25, 0.3) is 0 Å². The van der Waals surface area contributed by atoms with E-state index in [2.05, 4.69) is 112 Å². The number of rotatable bonds is 3. The predicted octanol–water partition coefficient (Wildman–Crippen LogP) is 3.06. The zero-order chi connectivity index (χ0) is 13.8. The van der Waals surface area contributed by atoms with E-state index in [1.807, 2.05) is 0 Å². The van der Waals surface area contributed by atoms with E-state index in [-0.39, 0.29) is 0 Å². The van der Waals surface area contributed by atoms with Gasteiger partial charge >= 0.3 is 133 Å². The molecule has 0 atom stereocenters. The second-order valence-corrected chi connectivity index (χ2v) is 12.1. The van der Waals surface area contributed by atoms with Gasteiger partial charge in [-0.2, -0.15) is 0 Å². The molecule has 0 aliphatic carbocycles. The average molecular weight is 390 g/mol. The molecule has 0 aliphatic rings. The van der Waals surface area contributed by atoms with Crippen molar-refractivity contribution in [3.63, 3.8) is 0 Å². The normalized spacial score (nSPS) is 11.2. The van der Waals surface area contributed by atoms with E-state index in [0.717, 1.165) is 0 Å². The first kappa shape index (κ1) is 13.8. The van der Waals surface area contributed by atoms with Crippen molar-refractivity contribution < 1.29 is 0 Å². The van der Waals surface area contributed by atoms with Crippen LogP contribution in [0.4, 0.5) is 0 Å². The van der Waals surface area contributed by atoms with Gasteiger partial charge in [-0.15, -0.1) is 0 Å². The third-order valence-corrected chi connectivity index (χ3v) is 11.9. The fourth-order valence-corrected chi connectivity index (χ4v) is 8.16. The summed E-state index contributed by atoms with van der Waals surface area (Å²) in [6.07, 6.45) is 0. The molecule has 0 spiro atoms. The molecule has 0 saturated carbocycles. The Hall–Kier alpha value is -1.12. The Labute approximate surface area is 132 Å². The molecule has 0 N–H and O–H groups in total. The van der Waals surface area contributed by atoms with Crippen molar-refractivity contribution in [2.45, 2.75) is 0 Å². The third-order valence-electron chi connectivity index (χ3n) is 3.36. The molecular weight excluding hydrogens is 375 g/mol. The van der Waals surface area contributed by atoms with Crippen LogP contribution in [-0.4, -0.2) is 21.2 Å². The van der Waals surface area contributed by atoms with Crippen LogP contribution >= 0.6 is 4.49 Å². The van der Waals surface area contributed by atoms with Gasteiger partial charge in [0.05, 0.1) is 0 Å². The van der Waals surface area contributed by atoms with Crippen LogP contribution < -0.4 is 15.9 Å². The average Bonchev–Trinajstić information content (AvgIpc) is 2.56. The molecule has 0 unspecified atom stereocenters. The summed E-state index contributed by atoms with van der Waals surface area (Å²) in [5.41, 5.74) is 0. The summed E-state index contributed by atoms with van der Waals surface area (Å²) < 4.78 is -1.52. The Bertz CT molecular complexity index is 618. The van der Waals surface area contributed by atoms with E-state index < -0.39 is 4.49 Å². The van der Waals surface area contributed by atoms with Gasteiger partial charge in [0.15, 0.2) is 0 Å². The number of benzene rings is 3. The summed E-state index contributed by atoms with van der Waals surface area (Å²) >= 11 is 2.32. The van der Waals surface area contributed by atoms with E-state index >= 15 is 0 Å². The summed E-state index contributed by atoms with van der Waals surface area (Å²) in [4.78, 5) is 0. The van der Waals surface area contributed by atoms with Crippen molar-refractivity contribution in [3.8, 4) is 0 Å². The van der Waals surface area contributed by atoms with Crippen LogP contribution in [0.3, 0.4) is 0 Å². The first-order valence-electron chi connectivity index (χ1n) is 6.59. The van der Waals surface area contributed by atoms with Crippen LogP contribution in [0.1, 0.15) is 0 Å². The Morgan fingerprint density at radius 1 is 0.450 bits per heavy atom. The van der Waals surface area contributed by atoms with E-state index in [9.17, 15) is 0 Å². The summed E-state index contributed by atoms with van der Waals surface area (Å²) in [6, 6.07) is 32.7. The monoisotopic (exact) mass is 392 g/mol. The molecule has 98 valence electrons. The predicted molar refractivity (Wildman–Crippen MR) is 90.9 cm³/mol. The summed E-state index contributed by atoms with van der Waals surface area (Å²) in [5.74, 6) is 0. The molecule has 0 aliphatic heterocycles. The number of hydrogen-bond donors (Lipinski definition) is 0. The van der Waals surface area contributed by atoms with Crippen molar-refractivity contribution in [2.24, 2.45) is 0 Å². The fraction of sp³-hybridized carbons (Fsp3) is 0.